The molecule has 1 aromatic heterocycles. The first-order valence-corrected chi connectivity index (χ1v) is 6.14. The van der Waals surface area contributed by atoms with Crippen molar-refractivity contribution < 1.29 is 18.7 Å². The average Bonchev–Trinajstić information content (AvgIpc) is 2.86. The van der Waals surface area contributed by atoms with Crippen LogP contribution in [-0.2, 0) is 11.2 Å². The second kappa shape index (κ2) is 6.23. The van der Waals surface area contributed by atoms with Crippen LogP contribution in [0.15, 0.2) is 24.4 Å². The van der Waals surface area contributed by atoms with Crippen LogP contribution < -0.4 is 0 Å². The second-order valence-corrected chi connectivity index (χ2v) is 4.35. The van der Waals surface area contributed by atoms with Crippen molar-refractivity contribution in [3.63, 3.8) is 0 Å². The third-order valence-corrected chi connectivity index (χ3v) is 2.78. The van der Waals surface area contributed by atoms with E-state index in [-0.39, 0.29) is 6.42 Å². The number of halogens is 2. The molecule has 0 saturated carbocycles. The fraction of sp³-hybridized carbons (Fsp3) is 0.308. The molecular formula is C13H13F2N3O2. The Morgan fingerprint density at radius 2 is 2.05 bits per heavy atom. The van der Waals surface area contributed by atoms with Gasteiger partial charge in [-0.15, -0.1) is 5.10 Å². The van der Waals surface area contributed by atoms with Crippen LogP contribution >= 0.6 is 0 Å². The van der Waals surface area contributed by atoms with Crippen molar-refractivity contribution in [1.29, 1.82) is 0 Å². The van der Waals surface area contributed by atoms with E-state index in [1.165, 1.54) is 10.7 Å². The van der Waals surface area contributed by atoms with Crippen LogP contribution in [0.4, 0.5) is 8.78 Å². The van der Waals surface area contributed by atoms with E-state index in [1.807, 2.05) is 0 Å². The van der Waals surface area contributed by atoms with Crippen molar-refractivity contribution in [1.82, 2.24) is 15.0 Å². The van der Waals surface area contributed by atoms with E-state index in [4.69, 9.17) is 5.11 Å². The van der Waals surface area contributed by atoms with Crippen LogP contribution in [-0.4, -0.2) is 26.1 Å². The first-order chi connectivity index (χ1) is 9.56. The fourth-order valence-corrected chi connectivity index (χ4v) is 1.75. The molecule has 0 saturated heterocycles. The highest BCUT2D eigenvalue weighted by Crippen LogP contribution is 2.13. The number of aromatic nitrogens is 3. The quantitative estimate of drug-likeness (QED) is 0.825. The van der Waals surface area contributed by atoms with Crippen molar-refractivity contribution in [2.75, 3.05) is 0 Å². The van der Waals surface area contributed by atoms with Crippen LogP contribution in [0.2, 0.25) is 0 Å². The second-order valence-electron chi connectivity index (χ2n) is 4.35. The Balaban J connectivity index is 1.97. The Labute approximate surface area is 113 Å². The number of carboxylic acid groups (broad SMARTS) is 1. The molecule has 0 amide bonds. The van der Waals surface area contributed by atoms with Gasteiger partial charge in [-0.1, -0.05) is 5.21 Å². The molecule has 2 aromatic rings. The number of unbranched alkanes of at least 4 members (excludes halogenated alkanes) is 1. The van der Waals surface area contributed by atoms with Crippen LogP contribution in [0, 0.1) is 11.6 Å². The van der Waals surface area contributed by atoms with Gasteiger partial charge in [-0.25, -0.2) is 13.5 Å². The van der Waals surface area contributed by atoms with E-state index >= 15 is 0 Å². The van der Waals surface area contributed by atoms with E-state index < -0.39 is 17.6 Å². The van der Waals surface area contributed by atoms with Crippen LogP contribution in [0.25, 0.3) is 5.69 Å². The molecule has 1 aromatic carbocycles. The van der Waals surface area contributed by atoms with Crippen molar-refractivity contribution >= 4 is 5.97 Å². The van der Waals surface area contributed by atoms with Crippen LogP contribution in [0.3, 0.4) is 0 Å². The summed E-state index contributed by atoms with van der Waals surface area (Å²) in [4.78, 5) is 10.4. The molecule has 106 valence electrons. The molecule has 0 radical (unpaired) electrons. The van der Waals surface area contributed by atoms with E-state index in [0.29, 0.717) is 30.6 Å². The third kappa shape index (κ3) is 3.59. The summed E-state index contributed by atoms with van der Waals surface area (Å²) in [6, 6.07) is 3.47. The highest BCUT2D eigenvalue weighted by molar-refractivity contribution is 5.66. The van der Waals surface area contributed by atoms with Gasteiger partial charge in [-0.2, -0.15) is 0 Å². The highest BCUT2D eigenvalue weighted by atomic mass is 19.2. The Hall–Kier alpha value is -2.31. The van der Waals surface area contributed by atoms with Gasteiger partial charge in [0.1, 0.15) is 0 Å². The summed E-state index contributed by atoms with van der Waals surface area (Å²) in [5.74, 6) is -2.68. The lowest BCUT2D eigenvalue weighted by molar-refractivity contribution is -0.137. The predicted molar refractivity (Wildman–Crippen MR) is 66.5 cm³/mol. The number of benzene rings is 1. The van der Waals surface area contributed by atoms with E-state index in [9.17, 15) is 13.6 Å². The van der Waals surface area contributed by atoms with Gasteiger partial charge in [0.25, 0.3) is 0 Å². The lowest BCUT2D eigenvalue weighted by Crippen LogP contribution is -1.96. The molecule has 0 aliphatic carbocycles. The van der Waals surface area contributed by atoms with Crippen molar-refractivity contribution in [3.05, 3.63) is 41.7 Å². The zero-order valence-corrected chi connectivity index (χ0v) is 10.6. The molecule has 7 heteroatoms. The molecule has 0 spiro atoms. The van der Waals surface area contributed by atoms with Gasteiger partial charge in [0.15, 0.2) is 11.6 Å². The summed E-state index contributed by atoms with van der Waals surface area (Å²) < 4.78 is 27.3. The molecule has 20 heavy (non-hydrogen) atoms. The first kappa shape index (κ1) is 14.1. The maximum absolute atomic E-state index is 13.1. The number of rotatable bonds is 6. The normalized spacial score (nSPS) is 10.7. The number of carbonyl (C=O) groups is 1. The van der Waals surface area contributed by atoms with Gasteiger partial charge in [0, 0.05) is 12.5 Å². The van der Waals surface area contributed by atoms with Crippen molar-refractivity contribution in [2.45, 2.75) is 25.7 Å². The third-order valence-electron chi connectivity index (χ3n) is 2.78. The standard InChI is InChI=1S/C13H13F2N3O2/c14-11-6-5-10(7-12(11)15)18-8-9(16-17-18)3-1-2-4-13(19)20/h5-8H,1-4H2,(H,19,20). The molecule has 1 heterocycles. The lowest BCUT2D eigenvalue weighted by atomic mass is 10.1. The predicted octanol–water partition coefficient (Wildman–Crippen LogP) is 2.34. The van der Waals surface area contributed by atoms with Gasteiger partial charge < -0.3 is 5.11 Å². The first-order valence-electron chi connectivity index (χ1n) is 6.14. The van der Waals surface area contributed by atoms with Crippen molar-refractivity contribution in [2.24, 2.45) is 0 Å². The number of hydrogen-bond donors (Lipinski definition) is 1. The van der Waals surface area contributed by atoms with E-state index in [0.717, 1.165) is 12.1 Å². The van der Waals surface area contributed by atoms with Gasteiger partial charge in [-0.3, -0.25) is 4.79 Å². The lowest BCUT2D eigenvalue weighted by Gasteiger charge is -2.00. The van der Waals surface area contributed by atoms with Gasteiger partial charge >= 0.3 is 5.97 Å². The summed E-state index contributed by atoms with van der Waals surface area (Å²) in [7, 11) is 0. The summed E-state index contributed by atoms with van der Waals surface area (Å²) in [6.45, 7) is 0. The van der Waals surface area contributed by atoms with Gasteiger partial charge in [0.2, 0.25) is 0 Å². The Kier molecular flexibility index (Phi) is 4.39. The minimum atomic E-state index is -0.944. The van der Waals surface area contributed by atoms with Crippen molar-refractivity contribution in [3.8, 4) is 5.69 Å². The molecule has 0 aliphatic heterocycles. The minimum absolute atomic E-state index is 0.122. The maximum atomic E-state index is 13.1. The Morgan fingerprint density at radius 3 is 2.75 bits per heavy atom. The van der Waals surface area contributed by atoms with Gasteiger partial charge in [-0.05, 0) is 31.4 Å². The summed E-state index contributed by atoms with van der Waals surface area (Å²) in [6.07, 6.45) is 3.58. The average molecular weight is 281 g/mol. The molecule has 0 aliphatic rings. The molecule has 5 nitrogen and oxygen atoms in total. The SMILES string of the molecule is O=C(O)CCCCc1cn(-c2ccc(F)c(F)c2)nn1. The number of aliphatic carboxylic acids is 1. The highest BCUT2D eigenvalue weighted by Gasteiger charge is 2.07. The molecular weight excluding hydrogens is 268 g/mol. The number of nitrogens with zero attached hydrogens (tertiary/aromatic N) is 3. The molecule has 1 N–H and O–H groups in total. The number of aryl methyl sites for hydroxylation is 1. The number of carboxylic acids is 1. The minimum Gasteiger partial charge on any atom is -0.481 e. The zero-order chi connectivity index (χ0) is 14.5. The Bertz CT molecular complexity index is 613. The zero-order valence-electron chi connectivity index (χ0n) is 10.6. The Morgan fingerprint density at radius 1 is 1.25 bits per heavy atom. The molecule has 0 unspecified atom stereocenters. The number of hydrogen-bond acceptors (Lipinski definition) is 3. The van der Waals surface area contributed by atoms with Gasteiger partial charge in [0.05, 0.1) is 17.6 Å². The molecule has 0 fully saturated rings. The smallest absolute Gasteiger partial charge is 0.303 e. The fourth-order valence-electron chi connectivity index (χ4n) is 1.75. The monoisotopic (exact) mass is 281 g/mol. The molecule has 2 rings (SSSR count). The summed E-state index contributed by atoms with van der Waals surface area (Å²) in [5.41, 5.74) is 1.06. The summed E-state index contributed by atoms with van der Waals surface area (Å²) in [5, 5.41) is 16.3. The largest absolute Gasteiger partial charge is 0.481 e. The van der Waals surface area contributed by atoms with E-state index in [1.54, 1.807) is 6.20 Å². The summed E-state index contributed by atoms with van der Waals surface area (Å²) >= 11 is 0. The molecule has 0 bridgehead atoms. The maximum Gasteiger partial charge on any atom is 0.303 e. The molecule has 0 atom stereocenters. The van der Waals surface area contributed by atoms with Crippen LogP contribution in [0.5, 0.6) is 0 Å². The topological polar surface area (TPSA) is 68.0 Å². The van der Waals surface area contributed by atoms with Crippen LogP contribution in [0.1, 0.15) is 25.0 Å². The van der Waals surface area contributed by atoms with E-state index in [2.05, 4.69) is 10.3 Å².